The van der Waals surface area contributed by atoms with Crippen LogP contribution >= 0.6 is 0 Å². The summed E-state index contributed by atoms with van der Waals surface area (Å²) in [4.78, 5) is 0. The van der Waals surface area contributed by atoms with Crippen LogP contribution in [0.2, 0.25) is 0 Å². The first-order valence-electron chi connectivity index (χ1n) is 9.66. The monoisotopic (exact) mass is 354 g/mol. The zero-order chi connectivity index (χ0) is 17.6. The van der Waals surface area contributed by atoms with Gasteiger partial charge < -0.3 is 19.5 Å². The zero-order valence-electron chi connectivity index (χ0n) is 15.1. The summed E-state index contributed by atoms with van der Waals surface area (Å²) in [7, 11) is 0. The molecule has 4 nitrogen and oxygen atoms in total. The second-order valence-electron chi connectivity index (χ2n) is 7.21. The van der Waals surface area contributed by atoms with Crippen molar-refractivity contribution in [1.82, 2.24) is 0 Å². The lowest BCUT2D eigenvalue weighted by Crippen LogP contribution is -2.92. The fourth-order valence-corrected chi connectivity index (χ4v) is 3.90. The van der Waals surface area contributed by atoms with Gasteiger partial charge in [0, 0.05) is 6.42 Å². The van der Waals surface area contributed by atoms with Crippen molar-refractivity contribution >= 4 is 0 Å². The Labute approximate surface area is 155 Å². The van der Waals surface area contributed by atoms with E-state index in [1.54, 1.807) is 0 Å². The minimum absolute atomic E-state index is 0.0444. The average Bonchev–Trinajstić information content (AvgIpc) is 3.28. The van der Waals surface area contributed by atoms with Crippen molar-refractivity contribution < 1.29 is 19.5 Å². The van der Waals surface area contributed by atoms with Crippen molar-refractivity contribution in [1.29, 1.82) is 0 Å². The smallest absolute Gasteiger partial charge is 0.140 e. The van der Waals surface area contributed by atoms with Crippen LogP contribution in [0, 0.1) is 0 Å². The largest absolute Gasteiger partial charge is 0.368 e. The molecule has 2 fully saturated rings. The molecule has 2 heterocycles. The Morgan fingerprint density at radius 3 is 2.31 bits per heavy atom. The number of hydrogen-bond acceptors (Lipinski definition) is 3. The SMILES string of the molecule is c1ccc(CCC[NH2+][C@H]2CO[C@H]3[C@@H]2OC[C@H]3OCc2ccccc2)cc1. The van der Waals surface area contributed by atoms with Crippen molar-refractivity contribution in [2.24, 2.45) is 0 Å². The fraction of sp³-hybridized carbons (Fsp3) is 0.455. The van der Waals surface area contributed by atoms with Crippen molar-refractivity contribution in [2.75, 3.05) is 19.8 Å². The second-order valence-corrected chi connectivity index (χ2v) is 7.21. The molecule has 2 aliphatic rings. The van der Waals surface area contributed by atoms with Gasteiger partial charge in [-0.2, -0.15) is 0 Å². The fourth-order valence-electron chi connectivity index (χ4n) is 3.90. The molecular weight excluding hydrogens is 326 g/mol. The van der Waals surface area contributed by atoms with Crippen LogP contribution in [-0.4, -0.2) is 44.1 Å². The molecule has 0 bridgehead atoms. The van der Waals surface area contributed by atoms with Gasteiger partial charge in [-0.15, -0.1) is 0 Å². The van der Waals surface area contributed by atoms with Crippen molar-refractivity contribution in [3.05, 3.63) is 71.8 Å². The van der Waals surface area contributed by atoms with Gasteiger partial charge in [0.15, 0.2) is 0 Å². The van der Waals surface area contributed by atoms with E-state index in [2.05, 4.69) is 47.8 Å². The average molecular weight is 354 g/mol. The minimum atomic E-state index is 0.0444. The van der Waals surface area contributed by atoms with E-state index in [-0.39, 0.29) is 18.3 Å². The number of benzene rings is 2. The number of quaternary nitrogens is 1. The third-order valence-corrected chi connectivity index (χ3v) is 5.34. The Kier molecular flexibility index (Phi) is 5.97. The molecule has 4 rings (SSSR count). The number of fused-ring (bicyclic) bond motifs is 1. The van der Waals surface area contributed by atoms with Gasteiger partial charge in [0.1, 0.15) is 31.0 Å². The van der Waals surface area contributed by atoms with Crippen LogP contribution in [0.5, 0.6) is 0 Å². The number of hydrogen-bond donors (Lipinski definition) is 1. The van der Waals surface area contributed by atoms with E-state index < -0.39 is 0 Å². The zero-order valence-corrected chi connectivity index (χ0v) is 15.1. The molecular formula is C22H28NO3+. The summed E-state index contributed by atoms with van der Waals surface area (Å²) >= 11 is 0. The predicted octanol–water partition coefficient (Wildman–Crippen LogP) is 1.93. The summed E-state index contributed by atoms with van der Waals surface area (Å²) in [6, 6.07) is 21.4. The molecule has 0 saturated carbocycles. The van der Waals surface area contributed by atoms with Crippen molar-refractivity contribution in [2.45, 2.75) is 43.8 Å². The first-order valence-corrected chi connectivity index (χ1v) is 9.66. The molecule has 0 aliphatic carbocycles. The maximum absolute atomic E-state index is 6.07. The van der Waals surface area contributed by atoms with Gasteiger partial charge >= 0.3 is 0 Å². The topological polar surface area (TPSA) is 44.3 Å². The van der Waals surface area contributed by atoms with E-state index in [0.29, 0.717) is 19.3 Å². The van der Waals surface area contributed by atoms with Gasteiger partial charge in [-0.25, -0.2) is 0 Å². The lowest BCUT2D eigenvalue weighted by Gasteiger charge is -2.16. The summed E-state index contributed by atoms with van der Waals surface area (Å²) in [5.41, 5.74) is 2.60. The molecule has 2 N–H and O–H groups in total. The molecule has 4 heteroatoms. The van der Waals surface area contributed by atoms with Gasteiger partial charge in [-0.3, -0.25) is 0 Å². The molecule has 0 spiro atoms. The van der Waals surface area contributed by atoms with Crippen LogP contribution < -0.4 is 5.32 Å². The number of nitrogens with two attached hydrogens (primary N) is 1. The minimum Gasteiger partial charge on any atom is -0.368 e. The van der Waals surface area contributed by atoms with Crippen LogP contribution in [0.15, 0.2) is 60.7 Å². The van der Waals surface area contributed by atoms with Crippen LogP contribution in [-0.2, 0) is 27.2 Å². The number of aryl methyl sites for hydroxylation is 1. The third kappa shape index (κ3) is 4.33. The van der Waals surface area contributed by atoms with Gasteiger partial charge in [-0.05, 0) is 17.5 Å². The summed E-state index contributed by atoms with van der Waals surface area (Å²) in [5.74, 6) is 0. The van der Waals surface area contributed by atoms with Gasteiger partial charge in [0.2, 0.25) is 0 Å². The highest BCUT2D eigenvalue weighted by Gasteiger charge is 2.50. The van der Waals surface area contributed by atoms with Gasteiger partial charge in [0.05, 0.1) is 19.8 Å². The molecule has 0 radical (unpaired) electrons. The Hall–Kier alpha value is -1.72. The first kappa shape index (κ1) is 17.7. The van der Waals surface area contributed by atoms with Crippen LogP contribution in [0.25, 0.3) is 0 Å². The predicted molar refractivity (Wildman–Crippen MR) is 99.8 cm³/mol. The molecule has 26 heavy (non-hydrogen) atoms. The highest BCUT2D eigenvalue weighted by Crippen LogP contribution is 2.28. The summed E-state index contributed by atoms with van der Waals surface area (Å²) in [6.45, 7) is 3.11. The second kappa shape index (κ2) is 8.78. The Morgan fingerprint density at radius 1 is 0.846 bits per heavy atom. The van der Waals surface area contributed by atoms with E-state index in [9.17, 15) is 0 Å². The molecule has 0 unspecified atom stereocenters. The quantitative estimate of drug-likeness (QED) is 0.737. The molecule has 2 aromatic carbocycles. The summed E-state index contributed by atoms with van der Waals surface area (Å²) < 4.78 is 18.1. The molecule has 138 valence electrons. The Morgan fingerprint density at radius 2 is 1.54 bits per heavy atom. The molecule has 0 aromatic heterocycles. The van der Waals surface area contributed by atoms with E-state index >= 15 is 0 Å². The lowest BCUT2D eigenvalue weighted by molar-refractivity contribution is -0.693. The standard InChI is InChI=1S/C22H27NO3/c1-3-8-17(9-4-1)12-7-13-23-19-15-25-22-20(16-26-21(19)22)24-14-18-10-5-2-6-11-18/h1-6,8-11,19-23H,7,12-16H2/p+1/t19-,20+,21+,22+/m0/s1. The normalized spacial score (nSPS) is 27.5. The first-order chi connectivity index (χ1) is 12.9. The van der Waals surface area contributed by atoms with Crippen molar-refractivity contribution in [3.8, 4) is 0 Å². The molecule has 2 saturated heterocycles. The highest BCUT2D eigenvalue weighted by atomic mass is 16.6. The van der Waals surface area contributed by atoms with Gasteiger partial charge in [0.25, 0.3) is 0 Å². The Bertz CT molecular complexity index is 664. The maximum Gasteiger partial charge on any atom is 0.140 e. The number of rotatable bonds is 8. The van der Waals surface area contributed by atoms with Crippen molar-refractivity contribution in [3.63, 3.8) is 0 Å². The molecule has 4 atom stereocenters. The van der Waals surface area contributed by atoms with E-state index in [1.165, 1.54) is 17.5 Å². The van der Waals surface area contributed by atoms with Crippen LogP contribution in [0.4, 0.5) is 0 Å². The lowest BCUT2D eigenvalue weighted by atomic mass is 10.1. The molecule has 0 amide bonds. The van der Waals surface area contributed by atoms with Gasteiger partial charge in [-0.1, -0.05) is 60.7 Å². The summed E-state index contributed by atoms with van der Waals surface area (Å²) in [5, 5.41) is 2.40. The number of ether oxygens (including phenoxy) is 3. The summed E-state index contributed by atoms with van der Waals surface area (Å²) in [6.07, 6.45) is 2.58. The van der Waals surface area contributed by atoms with E-state index in [0.717, 1.165) is 19.6 Å². The van der Waals surface area contributed by atoms with Crippen LogP contribution in [0.1, 0.15) is 17.5 Å². The molecule has 2 aliphatic heterocycles. The van der Waals surface area contributed by atoms with E-state index in [1.807, 2.05) is 18.2 Å². The van der Waals surface area contributed by atoms with Crippen LogP contribution in [0.3, 0.4) is 0 Å². The Balaban J connectivity index is 1.19. The highest BCUT2D eigenvalue weighted by molar-refractivity contribution is 5.14. The van der Waals surface area contributed by atoms with E-state index in [4.69, 9.17) is 14.2 Å². The maximum atomic E-state index is 6.07. The molecule has 2 aromatic rings. The third-order valence-electron chi connectivity index (χ3n) is 5.34.